The molecule has 0 bridgehead atoms. The highest BCUT2D eigenvalue weighted by molar-refractivity contribution is 7.90. The zero-order chi connectivity index (χ0) is 13.2. The van der Waals surface area contributed by atoms with E-state index in [2.05, 4.69) is 0 Å². The number of carbonyl (C=O) groups is 1. The van der Waals surface area contributed by atoms with Crippen LogP contribution in [0.2, 0.25) is 0 Å². The van der Waals surface area contributed by atoms with Crippen LogP contribution in [0.5, 0.6) is 0 Å². The number of hydrogen-bond acceptors (Lipinski definition) is 3. The minimum absolute atomic E-state index is 0.100. The number of sulfonamides is 1. The van der Waals surface area contributed by atoms with E-state index in [0.29, 0.717) is 0 Å². The normalized spacial score (nSPS) is 11.4. The number of hydrogen-bond donors (Lipinski definition) is 1. The van der Waals surface area contributed by atoms with Crippen LogP contribution in [0, 0.1) is 0 Å². The molecular weight excluding hydrogens is 250 g/mol. The molecule has 5 heteroatoms. The lowest BCUT2D eigenvalue weighted by molar-refractivity contribution is -0.119. The van der Waals surface area contributed by atoms with Crippen molar-refractivity contribution in [3.63, 3.8) is 0 Å². The smallest absolute Gasteiger partial charge is 0.264 e. The van der Waals surface area contributed by atoms with Crippen molar-refractivity contribution in [1.82, 2.24) is 4.72 Å². The van der Waals surface area contributed by atoms with Crippen LogP contribution in [0.15, 0.2) is 47.4 Å². The van der Waals surface area contributed by atoms with Crippen molar-refractivity contribution >= 4 is 26.7 Å². The maximum atomic E-state index is 11.9. The predicted octanol–water partition coefficient (Wildman–Crippen LogP) is 2.05. The summed E-state index contributed by atoms with van der Waals surface area (Å²) in [6.07, 6.45) is 0.132. The number of rotatable bonds is 3. The fourth-order valence-electron chi connectivity index (χ4n) is 1.62. The molecule has 18 heavy (non-hydrogen) atoms. The van der Waals surface area contributed by atoms with Crippen LogP contribution in [0.25, 0.3) is 10.8 Å². The summed E-state index contributed by atoms with van der Waals surface area (Å²) in [5.41, 5.74) is 0. The summed E-state index contributed by atoms with van der Waals surface area (Å²) in [6.45, 7) is 1.60. The minimum Gasteiger partial charge on any atom is -0.274 e. The van der Waals surface area contributed by atoms with Crippen molar-refractivity contribution in [2.24, 2.45) is 0 Å². The molecule has 0 fully saturated rings. The Hall–Kier alpha value is -1.88. The van der Waals surface area contributed by atoms with Crippen molar-refractivity contribution in [3.05, 3.63) is 42.5 Å². The van der Waals surface area contributed by atoms with E-state index in [0.717, 1.165) is 10.8 Å². The molecule has 0 aliphatic carbocycles. The fourth-order valence-corrected chi connectivity index (χ4v) is 2.71. The quantitative estimate of drug-likeness (QED) is 0.921. The van der Waals surface area contributed by atoms with Gasteiger partial charge in [-0.05, 0) is 22.9 Å². The lowest BCUT2D eigenvalue weighted by Gasteiger charge is -2.06. The maximum Gasteiger partial charge on any atom is 0.264 e. The van der Waals surface area contributed by atoms with Gasteiger partial charge < -0.3 is 0 Å². The van der Waals surface area contributed by atoms with Gasteiger partial charge in [-0.2, -0.15) is 0 Å². The molecule has 2 aromatic carbocycles. The van der Waals surface area contributed by atoms with E-state index in [1.807, 2.05) is 29.0 Å². The highest BCUT2D eigenvalue weighted by atomic mass is 32.2. The number of nitrogens with one attached hydrogen (secondary N) is 1. The first-order valence-electron chi connectivity index (χ1n) is 5.57. The molecular formula is C13H13NO3S. The highest BCUT2D eigenvalue weighted by Crippen LogP contribution is 2.18. The monoisotopic (exact) mass is 263 g/mol. The molecule has 0 spiro atoms. The van der Waals surface area contributed by atoms with Gasteiger partial charge >= 0.3 is 0 Å². The zero-order valence-corrected chi connectivity index (χ0v) is 10.7. The van der Waals surface area contributed by atoms with Crippen LogP contribution >= 0.6 is 0 Å². The van der Waals surface area contributed by atoms with Crippen LogP contribution in [-0.4, -0.2) is 14.3 Å². The maximum absolute atomic E-state index is 11.9. The molecule has 0 unspecified atom stereocenters. The Morgan fingerprint density at radius 2 is 1.78 bits per heavy atom. The molecule has 0 aliphatic heterocycles. The molecule has 0 aromatic heterocycles. The summed E-state index contributed by atoms with van der Waals surface area (Å²) >= 11 is 0. The zero-order valence-electron chi connectivity index (χ0n) is 9.88. The second-order valence-corrected chi connectivity index (χ2v) is 5.57. The second kappa shape index (κ2) is 4.78. The van der Waals surface area contributed by atoms with Crippen molar-refractivity contribution in [1.29, 1.82) is 0 Å². The third kappa shape index (κ3) is 2.51. The Morgan fingerprint density at radius 1 is 1.11 bits per heavy atom. The first-order valence-corrected chi connectivity index (χ1v) is 7.05. The van der Waals surface area contributed by atoms with Crippen LogP contribution in [0.1, 0.15) is 13.3 Å². The van der Waals surface area contributed by atoms with Gasteiger partial charge in [-0.1, -0.05) is 37.3 Å². The Bertz CT molecular complexity index is 692. The van der Waals surface area contributed by atoms with Crippen LogP contribution in [-0.2, 0) is 14.8 Å². The summed E-state index contributed by atoms with van der Waals surface area (Å²) in [5.74, 6) is -0.511. The largest absolute Gasteiger partial charge is 0.274 e. The van der Waals surface area contributed by atoms with Gasteiger partial charge in [0.2, 0.25) is 5.91 Å². The number of fused-ring (bicyclic) bond motifs is 1. The molecule has 94 valence electrons. The summed E-state index contributed by atoms with van der Waals surface area (Å²) < 4.78 is 25.8. The second-order valence-electron chi connectivity index (χ2n) is 3.89. The molecule has 2 rings (SSSR count). The third-order valence-electron chi connectivity index (χ3n) is 2.60. The molecule has 0 saturated carbocycles. The van der Waals surface area contributed by atoms with Gasteiger partial charge in [0.25, 0.3) is 10.0 Å². The van der Waals surface area contributed by atoms with Gasteiger partial charge in [0, 0.05) is 6.42 Å². The summed E-state index contributed by atoms with van der Waals surface area (Å²) in [5, 5.41) is 1.78. The van der Waals surface area contributed by atoms with Crippen molar-refractivity contribution in [3.8, 4) is 0 Å². The lowest BCUT2D eigenvalue weighted by atomic mass is 10.1. The van der Waals surface area contributed by atoms with E-state index < -0.39 is 15.9 Å². The van der Waals surface area contributed by atoms with Gasteiger partial charge in [-0.15, -0.1) is 0 Å². The molecule has 0 radical (unpaired) electrons. The van der Waals surface area contributed by atoms with Gasteiger partial charge in [-0.25, -0.2) is 13.1 Å². The molecule has 1 N–H and O–H groups in total. The molecule has 1 amide bonds. The molecule has 0 saturated heterocycles. The predicted molar refractivity (Wildman–Crippen MR) is 69.6 cm³/mol. The standard InChI is InChI=1S/C13H13NO3S/c1-2-13(15)14-18(16,17)12-8-7-10-5-3-4-6-11(10)9-12/h3-9H,2H2,1H3,(H,14,15). The third-order valence-corrected chi connectivity index (χ3v) is 3.97. The molecule has 0 atom stereocenters. The van der Waals surface area contributed by atoms with Gasteiger partial charge in [0.1, 0.15) is 0 Å². The van der Waals surface area contributed by atoms with Gasteiger partial charge in [0.15, 0.2) is 0 Å². The average molecular weight is 263 g/mol. The molecule has 2 aromatic rings. The minimum atomic E-state index is -3.76. The van der Waals surface area contributed by atoms with Crippen molar-refractivity contribution in [2.45, 2.75) is 18.2 Å². The fraction of sp³-hybridized carbons (Fsp3) is 0.154. The Morgan fingerprint density at radius 3 is 2.44 bits per heavy atom. The summed E-state index contributed by atoms with van der Waals surface area (Å²) in [4.78, 5) is 11.3. The first-order chi connectivity index (χ1) is 8.53. The van der Waals surface area contributed by atoms with Crippen LogP contribution in [0.3, 0.4) is 0 Å². The Balaban J connectivity index is 2.45. The van der Waals surface area contributed by atoms with Crippen LogP contribution in [0.4, 0.5) is 0 Å². The number of amides is 1. The van der Waals surface area contributed by atoms with Crippen molar-refractivity contribution in [2.75, 3.05) is 0 Å². The van der Waals surface area contributed by atoms with E-state index in [1.165, 1.54) is 6.07 Å². The van der Waals surface area contributed by atoms with Gasteiger partial charge in [-0.3, -0.25) is 4.79 Å². The Kier molecular flexibility index (Phi) is 3.34. The van der Waals surface area contributed by atoms with E-state index in [4.69, 9.17) is 0 Å². The van der Waals surface area contributed by atoms with E-state index in [9.17, 15) is 13.2 Å². The van der Waals surface area contributed by atoms with Crippen molar-refractivity contribution < 1.29 is 13.2 Å². The summed E-state index contributed by atoms with van der Waals surface area (Å²) in [6, 6.07) is 12.2. The molecule has 4 nitrogen and oxygen atoms in total. The van der Waals surface area contributed by atoms with E-state index in [-0.39, 0.29) is 11.3 Å². The molecule has 0 aliphatic rings. The number of benzene rings is 2. The lowest BCUT2D eigenvalue weighted by Crippen LogP contribution is -2.29. The van der Waals surface area contributed by atoms with E-state index >= 15 is 0 Å². The molecule has 0 heterocycles. The highest BCUT2D eigenvalue weighted by Gasteiger charge is 2.16. The average Bonchev–Trinajstić information content (AvgIpc) is 2.37. The van der Waals surface area contributed by atoms with Gasteiger partial charge in [0.05, 0.1) is 4.90 Å². The van der Waals surface area contributed by atoms with Crippen LogP contribution < -0.4 is 4.72 Å². The summed E-state index contributed by atoms with van der Waals surface area (Å²) in [7, 11) is -3.76. The Labute approximate surface area is 106 Å². The SMILES string of the molecule is CCC(=O)NS(=O)(=O)c1ccc2ccccc2c1. The van der Waals surface area contributed by atoms with E-state index in [1.54, 1.807) is 19.1 Å². The number of carbonyl (C=O) groups excluding carboxylic acids is 1. The topological polar surface area (TPSA) is 63.2 Å². The first kappa shape index (κ1) is 12.6.